The standard InChI is InChI=1S/C9H16N4O2S2/c10-9(16)7-17(14,15)12-3-1-2-5-13-6-4-11-8-13/h4,6,8,12H,1-3,5,7H2,(H2,10,16). The maximum absolute atomic E-state index is 11.3. The molecule has 0 fully saturated rings. The van der Waals surface area contributed by atoms with Gasteiger partial charge in [0.2, 0.25) is 10.0 Å². The van der Waals surface area contributed by atoms with Crippen molar-refractivity contribution >= 4 is 27.2 Å². The number of unbranched alkanes of at least 4 members (excludes halogenated alkanes) is 1. The fourth-order valence-electron chi connectivity index (χ4n) is 1.30. The SMILES string of the molecule is NC(=S)CS(=O)(=O)NCCCCn1ccnc1. The highest BCUT2D eigenvalue weighted by Crippen LogP contribution is 1.95. The molecule has 0 aromatic carbocycles. The van der Waals surface area contributed by atoms with Gasteiger partial charge < -0.3 is 10.3 Å². The summed E-state index contributed by atoms with van der Waals surface area (Å²) < 4.78 is 27.1. The third kappa shape index (κ3) is 6.35. The molecule has 17 heavy (non-hydrogen) atoms. The Morgan fingerprint density at radius 1 is 1.47 bits per heavy atom. The zero-order chi connectivity index (χ0) is 12.7. The first-order chi connectivity index (χ1) is 7.99. The summed E-state index contributed by atoms with van der Waals surface area (Å²) in [5, 5.41) is 0. The topological polar surface area (TPSA) is 90.0 Å². The number of nitrogens with two attached hydrogens (primary N) is 1. The molecule has 1 heterocycles. The van der Waals surface area contributed by atoms with Gasteiger partial charge in [-0.3, -0.25) is 0 Å². The molecule has 1 aromatic heterocycles. The molecule has 1 rings (SSSR count). The van der Waals surface area contributed by atoms with Crippen LogP contribution in [0.3, 0.4) is 0 Å². The summed E-state index contributed by atoms with van der Waals surface area (Å²) in [5.41, 5.74) is 5.18. The van der Waals surface area contributed by atoms with E-state index < -0.39 is 10.0 Å². The summed E-state index contributed by atoms with van der Waals surface area (Å²) in [6.07, 6.45) is 6.96. The number of rotatable bonds is 8. The van der Waals surface area contributed by atoms with E-state index in [2.05, 4.69) is 21.9 Å². The summed E-state index contributed by atoms with van der Waals surface area (Å²) in [4.78, 5) is 3.90. The summed E-state index contributed by atoms with van der Waals surface area (Å²) in [6.45, 7) is 1.23. The molecule has 0 saturated heterocycles. The lowest BCUT2D eigenvalue weighted by Gasteiger charge is -2.05. The van der Waals surface area contributed by atoms with Gasteiger partial charge in [-0.25, -0.2) is 18.1 Å². The van der Waals surface area contributed by atoms with Crippen LogP contribution in [-0.2, 0) is 16.6 Å². The predicted octanol–water partition coefficient (Wildman–Crippen LogP) is -0.131. The van der Waals surface area contributed by atoms with Crippen LogP contribution in [0.2, 0.25) is 0 Å². The van der Waals surface area contributed by atoms with E-state index in [0.29, 0.717) is 6.54 Å². The normalized spacial score (nSPS) is 11.5. The molecule has 0 radical (unpaired) electrons. The lowest BCUT2D eigenvalue weighted by Crippen LogP contribution is -2.33. The van der Waals surface area contributed by atoms with E-state index in [0.717, 1.165) is 19.4 Å². The summed E-state index contributed by atoms with van der Waals surface area (Å²) in [7, 11) is -3.35. The Balaban J connectivity index is 2.14. The van der Waals surface area contributed by atoms with Crippen LogP contribution >= 0.6 is 12.2 Å². The maximum Gasteiger partial charge on any atom is 0.218 e. The zero-order valence-corrected chi connectivity index (χ0v) is 11.0. The van der Waals surface area contributed by atoms with Gasteiger partial charge in [-0.2, -0.15) is 0 Å². The molecule has 96 valence electrons. The van der Waals surface area contributed by atoms with Gasteiger partial charge in [-0.05, 0) is 12.8 Å². The minimum Gasteiger partial charge on any atom is -0.392 e. The molecule has 0 aliphatic carbocycles. The Hall–Kier alpha value is -0.990. The van der Waals surface area contributed by atoms with E-state index in [1.807, 2.05) is 10.8 Å². The first kappa shape index (κ1) is 14.1. The summed E-state index contributed by atoms with van der Waals surface area (Å²) in [6, 6.07) is 0. The molecular formula is C9H16N4O2S2. The van der Waals surface area contributed by atoms with Crippen LogP contribution in [-0.4, -0.2) is 35.3 Å². The van der Waals surface area contributed by atoms with Crippen LogP contribution in [0.4, 0.5) is 0 Å². The highest BCUT2D eigenvalue weighted by Gasteiger charge is 2.10. The van der Waals surface area contributed by atoms with Crippen LogP contribution in [0.25, 0.3) is 0 Å². The van der Waals surface area contributed by atoms with Crippen molar-refractivity contribution < 1.29 is 8.42 Å². The fourth-order valence-corrected chi connectivity index (χ4v) is 2.70. The Morgan fingerprint density at radius 3 is 2.82 bits per heavy atom. The molecule has 0 aliphatic rings. The molecule has 0 unspecified atom stereocenters. The number of nitrogens with one attached hydrogen (secondary N) is 1. The third-order valence-electron chi connectivity index (χ3n) is 2.06. The molecule has 1 aromatic rings. The van der Waals surface area contributed by atoms with Crippen LogP contribution < -0.4 is 10.5 Å². The molecule has 8 heteroatoms. The molecule has 0 atom stereocenters. The van der Waals surface area contributed by atoms with Gasteiger partial charge in [0.05, 0.1) is 11.3 Å². The molecule has 0 spiro atoms. The monoisotopic (exact) mass is 276 g/mol. The molecule has 0 aliphatic heterocycles. The molecule has 0 amide bonds. The maximum atomic E-state index is 11.3. The quantitative estimate of drug-likeness (QED) is 0.510. The van der Waals surface area contributed by atoms with Gasteiger partial charge in [0.15, 0.2) is 0 Å². The second-order valence-electron chi connectivity index (χ2n) is 3.63. The number of aromatic nitrogens is 2. The number of nitrogens with zero attached hydrogens (tertiary/aromatic N) is 2. The zero-order valence-electron chi connectivity index (χ0n) is 9.37. The van der Waals surface area contributed by atoms with Gasteiger partial charge in [-0.15, -0.1) is 0 Å². The highest BCUT2D eigenvalue weighted by atomic mass is 32.2. The van der Waals surface area contributed by atoms with Gasteiger partial charge >= 0.3 is 0 Å². The van der Waals surface area contributed by atoms with Crippen LogP contribution in [0.15, 0.2) is 18.7 Å². The molecule has 0 bridgehead atoms. The fraction of sp³-hybridized carbons (Fsp3) is 0.556. The number of imidazole rings is 1. The first-order valence-corrected chi connectivity index (χ1v) is 7.27. The average Bonchev–Trinajstić information content (AvgIpc) is 2.67. The van der Waals surface area contributed by atoms with Crippen molar-refractivity contribution in [3.8, 4) is 0 Å². The molecular weight excluding hydrogens is 260 g/mol. The van der Waals surface area contributed by atoms with E-state index in [1.54, 1.807) is 12.5 Å². The lowest BCUT2D eigenvalue weighted by molar-refractivity contribution is 0.569. The number of hydrogen-bond acceptors (Lipinski definition) is 4. The number of aryl methyl sites for hydroxylation is 1. The minimum absolute atomic E-state index is 0.0177. The smallest absolute Gasteiger partial charge is 0.218 e. The summed E-state index contributed by atoms with van der Waals surface area (Å²) in [5.74, 6) is -0.288. The molecule has 0 saturated carbocycles. The van der Waals surface area contributed by atoms with Crippen molar-refractivity contribution in [1.29, 1.82) is 0 Å². The van der Waals surface area contributed by atoms with Crippen LogP contribution in [0.5, 0.6) is 0 Å². The Bertz CT molecular complexity index is 442. The van der Waals surface area contributed by atoms with E-state index in [1.165, 1.54) is 0 Å². The van der Waals surface area contributed by atoms with Crippen molar-refractivity contribution in [2.75, 3.05) is 12.3 Å². The number of thiocarbonyl (C=S) groups is 1. The largest absolute Gasteiger partial charge is 0.392 e. The van der Waals surface area contributed by atoms with Crippen molar-refractivity contribution in [2.45, 2.75) is 19.4 Å². The highest BCUT2D eigenvalue weighted by molar-refractivity contribution is 7.92. The van der Waals surface area contributed by atoms with Gasteiger partial charge in [-0.1, -0.05) is 12.2 Å². The Kier molecular flexibility index (Phi) is 5.52. The Labute approximate surface area is 106 Å². The van der Waals surface area contributed by atoms with Crippen molar-refractivity contribution in [2.24, 2.45) is 5.73 Å². The number of hydrogen-bond donors (Lipinski definition) is 2. The van der Waals surface area contributed by atoms with Gasteiger partial charge in [0.1, 0.15) is 5.75 Å². The van der Waals surface area contributed by atoms with Crippen molar-refractivity contribution in [3.63, 3.8) is 0 Å². The van der Waals surface area contributed by atoms with E-state index in [-0.39, 0.29) is 10.7 Å². The third-order valence-corrected chi connectivity index (χ3v) is 3.72. The second kappa shape index (κ2) is 6.67. The summed E-state index contributed by atoms with van der Waals surface area (Å²) >= 11 is 4.55. The Morgan fingerprint density at radius 2 is 2.24 bits per heavy atom. The second-order valence-corrected chi connectivity index (χ2v) is 5.96. The lowest BCUT2D eigenvalue weighted by atomic mass is 10.3. The molecule has 3 N–H and O–H groups in total. The average molecular weight is 276 g/mol. The first-order valence-electron chi connectivity index (χ1n) is 5.21. The minimum atomic E-state index is -3.35. The number of sulfonamides is 1. The van der Waals surface area contributed by atoms with Crippen molar-refractivity contribution in [1.82, 2.24) is 14.3 Å². The van der Waals surface area contributed by atoms with Gasteiger partial charge in [0.25, 0.3) is 0 Å². The van der Waals surface area contributed by atoms with Crippen LogP contribution in [0, 0.1) is 0 Å². The van der Waals surface area contributed by atoms with E-state index >= 15 is 0 Å². The van der Waals surface area contributed by atoms with Gasteiger partial charge in [0, 0.05) is 25.5 Å². The molecule has 6 nitrogen and oxygen atoms in total. The van der Waals surface area contributed by atoms with Crippen molar-refractivity contribution in [3.05, 3.63) is 18.7 Å². The van der Waals surface area contributed by atoms with E-state index in [4.69, 9.17) is 5.73 Å². The van der Waals surface area contributed by atoms with Crippen LogP contribution in [0.1, 0.15) is 12.8 Å². The predicted molar refractivity (Wildman–Crippen MR) is 70.0 cm³/mol. The van der Waals surface area contributed by atoms with E-state index in [9.17, 15) is 8.42 Å².